The monoisotopic (exact) mass is 474 g/mol. The lowest BCUT2D eigenvalue weighted by molar-refractivity contribution is -0.150. The summed E-state index contributed by atoms with van der Waals surface area (Å²) in [5, 5.41) is 11.1. The van der Waals surface area contributed by atoms with Gasteiger partial charge in [-0.3, -0.25) is 0 Å². The standard InChI is InChI=1S/C23H33F3N2O5/c1-2-32-20(21(29)30)15-18-7-9-19(10-8-18)33-14-13-28(12-11-17-5-3-4-6-17)22(31)27-16-23(24,25)26/h7-10,17,20H,2-6,11-16H2,1H3,(H,27,31)(H,29,30). The number of ether oxygens (including phenoxy) is 2. The van der Waals surface area contributed by atoms with Crippen LogP contribution in [0.15, 0.2) is 24.3 Å². The van der Waals surface area contributed by atoms with Crippen molar-refractivity contribution in [3.05, 3.63) is 29.8 Å². The molecule has 0 saturated heterocycles. The Morgan fingerprint density at radius 3 is 2.42 bits per heavy atom. The average Bonchev–Trinajstić information content (AvgIpc) is 3.28. The fourth-order valence-corrected chi connectivity index (χ4v) is 3.87. The zero-order valence-corrected chi connectivity index (χ0v) is 18.9. The van der Waals surface area contributed by atoms with E-state index in [4.69, 9.17) is 9.47 Å². The maximum atomic E-state index is 12.5. The van der Waals surface area contributed by atoms with E-state index in [9.17, 15) is 27.9 Å². The minimum absolute atomic E-state index is 0.125. The summed E-state index contributed by atoms with van der Waals surface area (Å²) in [6.45, 7) is 1.32. The number of urea groups is 1. The predicted molar refractivity (Wildman–Crippen MR) is 116 cm³/mol. The molecule has 0 aromatic heterocycles. The molecule has 1 aliphatic carbocycles. The molecule has 1 aliphatic rings. The number of hydrogen-bond acceptors (Lipinski definition) is 4. The fourth-order valence-electron chi connectivity index (χ4n) is 3.87. The normalized spacial score (nSPS) is 15.3. The predicted octanol–water partition coefficient (Wildman–Crippen LogP) is 4.25. The molecule has 0 aliphatic heterocycles. The number of carboxylic acids is 1. The molecule has 1 aromatic rings. The van der Waals surface area contributed by atoms with Crippen LogP contribution in [-0.2, 0) is 16.0 Å². The molecule has 1 fully saturated rings. The van der Waals surface area contributed by atoms with Crippen molar-refractivity contribution >= 4 is 12.0 Å². The number of rotatable bonds is 13. The van der Waals surface area contributed by atoms with E-state index in [2.05, 4.69) is 0 Å². The van der Waals surface area contributed by atoms with Gasteiger partial charge in [0.25, 0.3) is 0 Å². The molecule has 2 amide bonds. The Morgan fingerprint density at radius 2 is 1.85 bits per heavy atom. The van der Waals surface area contributed by atoms with Crippen LogP contribution in [0.5, 0.6) is 5.75 Å². The molecule has 10 heteroatoms. The zero-order valence-electron chi connectivity index (χ0n) is 18.9. The largest absolute Gasteiger partial charge is 0.492 e. The van der Waals surface area contributed by atoms with E-state index in [1.807, 2.05) is 5.32 Å². The summed E-state index contributed by atoms with van der Waals surface area (Å²) in [7, 11) is 0. The van der Waals surface area contributed by atoms with Gasteiger partial charge in [0.05, 0.1) is 6.54 Å². The molecule has 2 N–H and O–H groups in total. The second-order valence-corrected chi connectivity index (χ2v) is 8.18. The Kier molecular flexibility index (Phi) is 10.8. The van der Waals surface area contributed by atoms with Crippen LogP contribution in [0.25, 0.3) is 0 Å². The van der Waals surface area contributed by atoms with Crippen LogP contribution in [0.1, 0.15) is 44.6 Å². The Balaban J connectivity index is 1.86. The quantitative estimate of drug-likeness (QED) is 0.446. The Hall–Kier alpha value is -2.49. The number of nitrogens with zero attached hydrogens (tertiary/aromatic N) is 1. The number of nitrogens with one attached hydrogen (secondary N) is 1. The summed E-state index contributed by atoms with van der Waals surface area (Å²) >= 11 is 0. The van der Waals surface area contributed by atoms with Crippen LogP contribution in [-0.4, -0.2) is 67.1 Å². The van der Waals surface area contributed by atoms with Gasteiger partial charge in [-0.1, -0.05) is 37.8 Å². The molecular formula is C23H33F3N2O5. The van der Waals surface area contributed by atoms with Crippen molar-refractivity contribution in [3.8, 4) is 5.75 Å². The Bertz CT molecular complexity index is 737. The molecule has 1 atom stereocenters. The number of benzene rings is 1. The Labute approximate surface area is 192 Å². The van der Waals surface area contributed by atoms with Crippen LogP contribution < -0.4 is 10.1 Å². The summed E-state index contributed by atoms with van der Waals surface area (Å²) < 4.78 is 48.3. The van der Waals surface area contributed by atoms with E-state index in [-0.39, 0.29) is 19.6 Å². The third kappa shape index (κ3) is 10.3. The highest BCUT2D eigenvalue weighted by Crippen LogP contribution is 2.27. The number of aliphatic carboxylic acids is 1. The van der Waals surface area contributed by atoms with E-state index in [1.165, 1.54) is 4.90 Å². The van der Waals surface area contributed by atoms with Crippen LogP contribution >= 0.6 is 0 Å². The van der Waals surface area contributed by atoms with Gasteiger partial charge >= 0.3 is 18.2 Å². The van der Waals surface area contributed by atoms with Crippen LogP contribution in [0.2, 0.25) is 0 Å². The topological polar surface area (TPSA) is 88.1 Å². The highest BCUT2D eigenvalue weighted by atomic mass is 19.4. The van der Waals surface area contributed by atoms with Crippen LogP contribution in [0.3, 0.4) is 0 Å². The van der Waals surface area contributed by atoms with Gasteiger partial charge in [0.1, 0.15) is 18.9 Å². The molecule has 2 rings (SSSR count). The SMILES string of the molecule is CCOC(Cc1ccc(OCCN(CCC2CCCC2)C(=O)NCC(F)(F)F)cc1)C(=O)O. The summed E-state index contributed by atoms with van der Waals surface area (Å²) in [4.78, 5) is 24.9. The lowest BCUT2D eigenvalue weighted by atomic mass is 10.0. The molecule has 0 radical (unpaired) electrons. The van der Waals surface area contributed by atoms with Crippen molar-refractivity contribution in [2.45, 2.75) is 57.7 Å². The van der Waals surface area contributed by atoms with Gasteiger partial charge in [0.15, 0.2) is 6.10 Å². The molecule has 0 spiro atoms. The van der Waals surface area contributed by atoms with E-state index in [1.54, 1.807) is 31.2 Å². The molecule has 33 heavy (non-hydrogen) atoms. The van der Waals surface area contributed by atoms with E-state index >= 15 is 0 Å². The number of carbonyl (C=O) groups is 2. The average molecular weight is 475 g/mol. The highest BCUT2D eigenvalue weighted by Gasteiger charge is 2.29. The van der Waals surface area contributed by atoms with Crippen molar-refractivity contribution in [2.24, 2.45) is 5.92 Å². The van der Waals surface area contributed by atoms with Crippen molar-refractivity contribution in [2.75, 3.05) is 32.8 Å². The number of alkyl halides is 3. The Morgan fingerprint density at radius 1 is 1.18 bits per heavy atom. The van der Waals surface area contributed by atoms with Gasteiger partial charge in [-0.15, -0.1) is 0 Å². The maximum absolute atomic E-state index is 12.5. The first-order valence-corrected chi connectivity index (χ1v) is 11.3. The minimum Gasteiger partial charge on any atom is -0.492 e. The van der Waals surface area contributed by atoms with Crippen molar-refractivity contribution in [1.29, 1.82) is 0 Å². The fraction of sp³-hybridized carbons (Fsp3) is 0.652. The molecule has 1 aromatic carbocycles. The number of carbonyl (C=O) groups excluding carboxylic acids is 1. The molecule has 1 saturated carbocycles. The van der Waals surface area contributed by atoms with Crippen LogP contribution in [0.4, 0.5) is 18.0 Å². The van der Waals surface area contributed by atoms with Gasteiger partial charge in [-0.25, -0.2) is 9.59 Å². The van der Waals surface area contributed by atoms with Crippen LogP contribution in [0, 0.1) is 5.92 Å². The van der Waals surface area contributed by atoms with E-state index in [0.717, 1.165) is 37.7 Å². The third-order valence-electron chi connectivity index (χ3n) is 5.63. The number of hydrogen-bond donors (Lipinski definition) is 2. The summed E-state index contributed by atoms with van der Waals surface area (Å²) in [5.41, 5.74) is 0.771. The molecular weight excluding hydrogens is 441 g/mol. The number of halogens is 3. The summed E-state index contributed by atoms with van der Waals surface area (Å²) in [6, 6.07) is 6.09. The van der Waals surface area contributed by atoms with Crippen molar-refractivity contribution in [1.82, 2.24) is 10.2 Å². The van der Waals surface area contributed by atoms with Crippen molar-refractivity contribution in [3.63, 3.8) is 0 Å². The molecule has 7 nitrogen and oxygen atoms in total. The first-order chi connectivity index (χ1) is 15.7. The smallest absolute Gasteiger partial charge is 0.405 e. The molecule has 0 bridgehead atoms. The number of carboxylic acid groups (broad SMARTS) is 1. The molecule has 0 heterocycles. The number of amides is 2. The third-order valence-corrected chi connectivity index (χ3v) is 5.63. The zero-order chi connectivity index (χ0) is 24.3. The first-order valence-electron chi connectivity index (χ1n) is 11.3. The molecule has 186 valence electrons. The summed E-state index contributed by atoms with van der Waals surface area (Å²) in [5.74, 6) is -0.00477. The van der Waals surface area contributed by atoms with Gasteiger partial charge in [0, 0.05) is 19.6 Å². The van der Waals surface area contributed by atoms with Gasteiger partial charge in [-0.2, -0.15) is 13.2 Å². The lowest BCUT2D eigenvalue weighted by Crippen LogP contribution is -2.45. The summed E-state index contributed by atoms with van der Waals surface area (Å²) in [6.07, 6.45) is 0.0812. The van der Waals surface area contributed by atoms with Gasteiger partial charge in [-0.05, 0) is 37.0 Å². The van der Waals surface area contributed by atoms with Gasteiger partial charge < -0.3 is 24.8 Å². The van der Waals surface area contributed by atoms with Gasteiger partial charge in [0.2, 0.25) is 0 Å². The maximum Gasteiger partial charge on any atom is 0.405 e. The van der Waals surface area contributed by atoms with E-state index < -0.39 is 30.8 Å². The lowest BCUT2D eigenvalue weighted by Gasteiger charge is -2.25. The second-order valence-electron chi connectivity index (χ2n) is 8.18. The van der Waals surface area contributed by atoms with E-state index in [0.29, 0.717) is 24.8 Å². The highest BCUT2D eigenvalue weighted by molar-refractivity contribution is 5.74. The molecule has 1 unspecified atom stereocenters. The second kappa shape index (κ2) is 13.3. The first kappa shape index (κ1) is 26.8. The minimum atomic E-state index is -4.47. The van der Waals surface area contributed by atoms with Crippen molar-refractivity contribution < 1.29 is 37.3 Å².